The largest absolute Gasteiger partial charge is 0.380 e. The topological polar surface area (TPSA) is 103 Å². The van der Waals surface area contributed by atoms with Crippen molar-refractivity contribution >= 4 is 22.9 Å². The number of carbonyl (C=O) groups excluding carboxylic acids is 1. The Labute approximate surface area is 203 Å². The van der Waals surface area contributed by atoms with Gasteiger partial charge >= 0.3 is 5.69 Å². The summed E-state index contributed by atoms with van der Waals surface area (Å²) >= 11 is 0. The van der Waals surface area contributed by atoms with Crippen LogP contribution in [0.5, 0.6) is 0 Å². The number of ether oxygens (including phenoxy) is 1. The monoisotopic (exact) mass is 478 g/mol. The lowest BCUT2D eigenvalue weighted by atomic mass is 10.1. The van der Waals surface area contributed by atoms with Crippen LogP contribution in [0.4, 0.5) is 5.95 Å². The van der Waals surface area contributed by atoms with E-state index in [1.165, 1.54) is 4.57 Å². The second-order valence-electron chi connectivity index (χ2n) is 8.15. The van der Waals surface area contributed by atoms with Crippen LogP contribution in [0.25, 0.3) is 11.2 Å². The first kappa shape index (κ1) is 24.4. The number of anilines is 1. The van der Waals surface area contributed by atoms with Gasteiger partial charge in [-0.1, -0.05) is 36.3 Å². The van der Waals surface area contributed by atoms with E-state index in [1.54, 1.807) is 41.8 Å². The number of nitrogens with zero attached hydrogens (tertiary/aromatic N) is 5. The minimum atomic E-state index is -0.579. The number of aromatic nitrogens is 4. The standard InChI is InChI=1S/C25H30N6O4/c1-3-5-13-29-21-22(27-24(29)28-14-11-26-12-15-28)30(16-17-35-4-2)25(34)31(23(21)33)18-20(32)19-9-7-6-8-10-19/h6-10,26H,4,11-18H2,1-2H3. The molecule has 10 nitrogen and oxygen atoms in total. The zero-order chi connectivity index (χ0) is 24.8. The molecule has 2 aromatic heterocycles. The number of rotatable bonds is 9. The molecular weight excluding hydrogens is 448 g/mol. The first-order valence-electron chi connectivity index (χ1n) is 11.8. The van der Waals surface area contributed by atoms with E-state index in [2.05, 4.69) is 22.1 Å². The molecule has 0 aliphatic carbocycles. The normalized spacial score (nSPS) is 13.6. The Bertz CT molecular complexity index is 1370. The fraction of sp³-hybridized carbons (Fsp3) is 0.440. The Hall–Kier alpha value is -3.68. The van der Waals surface area contributed by atoms with Crippen LogP contribution in [-0.2, 0) is 24.4 Å². The maximum atomic E-state index is 13.7. The smallest absolute Gasteiger partial charge is 0.333 e. The summed E-state index contributed by atoms with van der Waals surface area (Å²) in [6.45, 7) is 7.48. The SMILES string of the molecule is CC#CCn1c(N2CCNCC2)nc2c1c(=O)n(CC(=O)c1ccccc1)c(=O)n2CCOCC. The van der Waals surface area contributed by atoms with Crippen molar-refractivity contribution in [2.75, 3.05) is 44.3 Å². The van der Waals surface area contributed by atoms with Gasteiger partial charge in [-0.05, 0) is 13.8 Å². The van der Waals surface area contributed by atoms with Gasteiger partial charge in [0.1, 0.15) is 0 Å². The van der Waals surface area contributed by atoms with E-state index in [-0.39, 0.29) is 43.2 Å². The van der Waals surface area contributed by atoms with E-state index in [9.17, 15) is 14.4 Å². The van der Waals surface area contributed by atoms with Crippen LogP contribution in [0.3, 0.4) is 0 Å². The number of piperazine rings is 1. The van der Waals surface area contributed by atoms with Crippen LogP contribution in [0, 0.1) is 11.8 Å². The molecule has 1 aliphatic rings. The summed E-state index contributed by atoms with van der Waals surface area (Å²) in [5.74, 6) is 6.18. The lowest BCUT2D eigenvalue weighted by Gasteiger charge is -2.28. The van der Waals surface area contributed by atoms with E-state index in [0.29, 0.717) is 31.2 Å². The van der Waals surface area contributed by atoms with Crippen molar-refractivity contribution in [3.05, 3.63) is 56.7 Å². The summed E-state index contributed by atoms with van der Waals surface area (Å²) in [6, 6.07) is 8.64. The van der Waals surface area contributed by atoms with Crippen LogP contribution < -0.4 is 21.5 Å². The maximum absolute atomic E-state index is 13.7. The molecule has 35 heavy (non-hydrogen) atoms. The second-order valence-corrected chi connectivity index (χ2v) is 8.15. The van der Waals surface area contributed by atoms with Gasteiger partial charge in [-0.25, -0.2) is 4.79 Å². The molecule has 0 unspecified atom stereocenters. The summed E-state index contributed by atoms with van der Waals surface area (Å²) in [6.07, 6.45) is 0. The average Bonchev–Trinajstić information content (AvgIpc) is 3.27. The first-order chi connectivity index (χ1) is 17.1. The number of imidazole rings is 1. The molecule has 3 heterocycles. The third-order valence-corrected chi connectivity index (χ3v) is 5.97. The number of Topliss-reactive ketones (excluding diaryl/α,β-unsaturated/α-hetero) is 1. The number of carbonyl (C=O) groups is 1. The molecule has 1 aliphatic heterocycles. The number of benzene rings is 1. The fourth-order valence-corrected chi connectivity index (χ4v) is 4.19. The lowest BCUT2D eigenvalue weighted by molar-refractivity contribution is 0.0968. The van der Waals surface area contributed by atoms with E-state index >= 15 is 0 Å². The number of fused-ring (bicyclic) bond motifs is 1. The minimum Gasteiger partial charge on any atom is -0.380 e. The summed E-state index contributed by atoms with van der Waals surface area (Å²) < 4.78 is 9.69. The van der Waals surface area contributed by atoms with Gasteiger partial charge in [0.2, 0.25) is 5.95 Å². The summed E-state index contributed by atoms with van der Waals surface area (Å²) in [7, 11) is 0. The zero-order valence-corrected chi connectivity index (χ0v) is 20.1. The number of hydrogen-bond acceptors (Lipinski definition) is 7. The van der Waals surface area contributed by atoms with Crippen LogP contribution in [0.15, 0.2) is 39.9 Å². The zero-order valence-electron chi connectivity index (χ0n) is 20.1. The van der Waals surface area contributed by atoms with Crippen LogP contribution in [-0.4, -0.2) is 63.9 Å². The molecule has 1 saturated heterocycles. The highest BCUT2D eigenvalue weighted by Crippen LogP contribution is 2.20. The number of hydrogen-bond donors (Lipinski definition) is 1. The van der Waals surface area contributed by atoms with E-state index in [0.717, 1.165) is 17.7 Å². The minimum absolute atomic E-state index is 0.209. The lowest BCUT2D eigenvalue weighted by Crippen LogP contribution is -2.44. The molecule has 1 aromatic carbocycles. The van der Waals surface area contributed by atoms with Crippen LogP contribution >= 0.6 is 0 Å². The molecule has 0 atom stereocenters. The summed E-state index contributed by atoms with van der Waals surface area (Å²) in [5, 5.41) is 3.31. The first-order valence-corrected chi connectivity index (χ1v) is 11.8. The molecule has 1 N–H and O–H groups in total. The predicted molar refractivity (Wildman–Crippen MR) is 134 cm³/mol. The van der Waals surface area contributed by atoms with Crippen LogP contribution in [0.1, 0.15) is 24.2 Å². The fourth-order valence-electron chi connectivity index (χ4n) is 4.19. The molecule has 3 aromatic rings. The van der Waals surface area contributed by atoms with Crippen molar-refractivity contribution in [2.24, 2.45) is 0 Å². The summed E-state index contributed by atoms with van der Waals surface area (Å²) in [4.78, 5) is 47.0. The Kier molecular flexibility index (Phi) is 7.80. The van der Waals surface area contributed by atoms with Crippen molar-refractivity contribution < 1.29 is 9.53 Å². The Morgan fingerprint density at radius 1 is 1.11 bits per heavy atom. The average molecular weight is 479 g/mol. The maximum Gasteiger partial charge on any atom is 0.333 e. The van der Waals surface area contributed by atoms with Crippen LogP contribution in [0.2, 0.25) is 0 Å². The van der Waals surface area contributed by atoms with E-state index < -0.39 is 11.2 Å². The highest BCUT2D eigenvalue weighted by atomic mass is 16.5. The third kappa shape index (κ3) is 5.06. The van der Waals surface area contributed by atoms with Crippen molar-refractivity contribution in [1.82, 2.24) is 24.0 Å². The van der Waals surface area contributed by atoms with E-state index in [4.69, 9.17) is 9.72 Å². The molecule has 10 heteroatoms. The highest BCUT2D eigenvalue weighted by molar-refractivity contribution is 5.95. The second kappa shape index (κ2) is 11.2. The van der Waals surface area contributed by atoms with Gasteiger partial charge in [-0.3, -0.25) is 23.3 Å². The third-order valence-electron chi connectivity index (χ3n) is 5.97. The Morgan fingerprint density at radius 3 is 2.54 bits per heavy atom. The predicted octanol–water partition coefficient (Wildman–Crippen LogP) is 0.712. The highest BCUT2D eigenvalue weighted by Gasteiger charge is 2.25. The molecule has 4 rings (SSSR count). The molecule has 184 valence electrons. The summed E-state index contributed by atoms with van der Waals surface area (Å²) in [5.41, 5.74) is -0.141. The van der Waals surface area contributed by atoms with Crippen molar-refractivity contribution in [3.8, 4) is 11.8 Å². The van der Waals surface area contributed by atoms with Gasteiger partial charge in [0.25, 0.3) is 5.56 Å². The van der Waals surface area contributed by atoms with Gasteiger partial charge < -0.3 is 15.0 Å². The molecule has 0 amide bonds. The van der Waals surface area contributed by atoms with Crippen molar-refractivity contribution in [2.45, 2.75) is 33.5 Å². The Balaban J connectivity index is 1.92. The number of ketones is 1. The van der Waals surface area contributed by atoms with Gasteiger partial charge in [0.15, 0.2) is 16.9 Å². The molecular formula is C25H30N6O4. The quantitative estimate of drug-likeness (QED) is 0.275. The van der Waals surface area contributed by atoms with Crippen molar-refractivity contribution in [3.63, 3.8) is 0 Å². The van der Waals surface area contributed by atoms with Gasteiger partial charge in [0, 0.05) is 38.3 Å². The van der Waals surface area contributed by atoms with Crippen molar-refractivity contribution in [1.29, 1.82) is 0 Å². The van der Waals surface area contributed by atoms with Gasteiger partial charge in [0.05, 0.1) is 26.2 Å². The molecule has 0 bridgehead atoms. The van der Waals surface area contributed by atoms with Gasteiger partial charge in [-0.15, -0.1) is 5.92 Å². The number of nitrogens with one attached hydrogen (secondary N) is 1. The molecule has 1 fully saturated rings. The molecule has 0 saturated carbocycles. The molecule has 0 radical (unpaired) electrons. The Morgan fingerprint density at radius 2 is 1.86 bits per heavy atom. The van der Waals surface area contributed by atoms with E-state index in [1.807, 2.05) is 6.92 Å². The van der Waals surface area contributed by atoms with Gasteiger partial charge in [-0.2, -0.15) is 4.98 Å². The molecule has 0 spiro atoms.